The van der Waals surface area contributed by atoms with Crippen molar-refractivity contribution < 1.29 is 28.7 Å². The predicted molar refractivity (Wildman–Crippen MR) is 193 cm³/mol. The summed E-state index contributed by atoms with van der Waals surface area (Å²) >= 11 is 0. The lowest BCUT2D eigenvalue weighted by Crippen LogP contribution is -2.33. The highest BCUT2D eigenvalue weighted by molar-refractivity contribution is 6.31. The number of methoxy groups -OCH3 is 2. The van der Waals surface area contributed by atoms with Gasteiger partial charge in [0.15, 0.2) is 0 Å². The Bertz CT molecular complexity index is 2250. The average Bonchev–Trinajstić information content (AvgIpc) is 3.54. The van der Waals surface area contributed by atoms with Crippen molar-refractivity contribution in [1.29, 1.82) is 0 Å². The molecule has 8 rings (SSSR count). The second-order valence-electron chi connectivity index (χ2n) is 12.8. The highest BCUT2D eigenvalue weighted by Crippen LogP contribution is 2.38. The maximum Gasteiger partial charge on any atom is 0.262 e. The first kappa shape index (κ1) is 31.5. The number of amides is 4. The van der Waals surface area contributed by atoms with Crippen LogP contribution in [-0.2, 0) is 0 Å². The molecule has 0 bridgehead atoms. The Hall–Kier alpha value is -5.80. The summed E-state index contributed by atoms with van der Waals surface area (Å²) in [5.41, 5.74) is 1.77. The number of fused-ring (bicyclic) bond motifs is 10. The van der Waals surface area contributed by atoms with E-state index in [1.165, 1.54) is 9.80 Å². The molecule has 0 aromatic heterocycles. The van der Waals surface area contributed by atoms with Crippen molar-refractivity contribution in [2.45, 2.75) is 19.3 Å². The molecule has 2 aliphatic heterocycles. The molecular weight excluding hydrogens is 630 g/mol. The Morgan fingerprint density at radius 1 is 0.500 bits per heavy atom. The Kier molecular flexibility index (Phi) is 7.92. The van der Waals surface area contributed by atoms with Crippen LogP contribution < -0.4 is 14.8 Å². The summed E-state index contributed by atoms with van der Waals surface area (Å²) < 4.78 is 10.9. The monoisotopic (exact) mass is 665 g/mol. The number of benzene rings is 6. The predicted octanol–water partition coefficient (Wildman–Crippen LogP) is 6.97. The van der Waals surface area contributed by atoms with E-state index in [1.54, 1.807) is 26.4 Å². The zero-order chi connectivity index (χ0) is 34.5. The molecule has 0 spiro atoms. The van der Waals surface area contributed by atoms with Crippen molar-refractivity contribution in [1.82, 2.24) is 15.1 Å². The Balaban J connectivity index is 0.867. The largest absolute Gasteiger partial charge is 0.497 e. The number of carbonyl (C=O) groups excluding carboxylic acids is 4. The minimum Gasteiger partial charge on any atom is -0.497 e. The molecule has 0 saturated carbocycles. The Labute approximate surface area is 288 Å². The Morgan fingerprint density at radius 3 is 1.42 bits per heavy atom. The van der Waals surface area contributed by atoms with E-state index >= 15 is 0 Å². The van der Waals surface area contributed by atoms with Crippen LogP contribution in [-0.4, -0.2) is 73.8 Å². The average molecular weight is 666 g/mol. The topological polar surface area (TPSA) is 105 Å². The molecule has 2 aliphatic rings. The third-order valence-electron chi connectivity index (χ3n) is 10.0. The van der Waals surface area contributed by atoms with E-state index < -0.39 is 0 Å². The van der Waals surface area contributed by atoms with Gasteiger partial charge >= 0.3 is 0 Å². The van der Waals surface area contributed by atoms with Gasteiger partial charge in [-0.15, -0.1) is 0 Å². The van der Waals surface area contributed by atoms with Gasteiger partial charge in [0.2, 0.25) is 0 Å². The Morgan fingerprint density at radius 2 is 0.920 bits per heavy atom. The first-order valence-electron chi connectivity index (χ1n) is 16.9. The van der Waals surface area contributed by atoms with Crippen LogP contribution in [0.2, 0.25) is 0 Å². The third-order valence-corrected chi connectivity index (χ3v) is 10.0. The first-order chi connectivity index (χ1) is 24.4. The van der Waals surface area contributed by atoms with Gasteiger partial charge in [-0.25, -0.2) is 0 Å². The molecule has 4 amide bonds. The van der Waals surface area contributed by atoms with Gasteiger partial charge in [-0.2, -0.15) is 0 Å². The first-order valence-corrected chi connectivity index (χ1v) is 16.9. The molecule has 250 valence electrons. The summed E-state index contributed by atoms with van der Waals surface area (Å²) in [4.78, 5) is 56.7. The normalized spacial score (nSPS) is 14.1. The summed E-state index contributed by atoms with van der Waals surface area (Å²) in [6, 6.07) is 26.8. The number of hydrogen-bond donors (Lipinski definition) is 1. The van der Waals surface area contributed by atoms with Gasteiger partial charge in [-0.3, -0.25) is 29.0 Å². The van der Waals surface area contributed by atoms with Crippen LogP contribution in [0.1, 0.15) is 60.7 Å². The smallest absolute Gasteiger partial charge is 0.262 e. The summed E-state index contributed by atoms with van der Waals surface area (Å²) in [7, 11) is 3.22. The summed E-state index contributed by atoms with van der Waals surface area (Å²) in [6.07, 6.45) is 2.00. The van der Waals surface area contributed by atoms with Crippen LogP contribution in [0.15, 0.2) is 84.9 Å². The second-order valence-corrected chi connectivity index (χ2v) is 12.8. The summed E-state index contributed by atoms with van der Waals surface area (Å²) in [6.45, 7) is 1.92. The lowest BCUT2D eigenvalue weighted by atomic mass is 9.95. The van der Waals surface area contributed by atoms with Gasteiger partial charge in [0.05, 0.1) is 36.5 Å². The van der Waals surface area contributed by atoms with E-state index in [4.69, 9.17) is 9.47 Å². The number of imide groups is 2. The highest BCUT2D eigenvalue weighted by atomic mass is 16.5. The van der Waals surface area contributed by atoms with E-state index in [0.717, 1.165) is 49.5 Å². The molecule has 0 saturated heterocycles. The summed E-state index contributed by atoms with van der Waals surface area (Å²) in [5.74, 6) is 0.311. The van der Waals surface area contributed by atoms with E-state index in [2.05, 4.69) is 5.32 Å². The van der Waals surface area contributed by atoms with Gasteiger partial charge in [-0.05, 0) is 101 Å². The van der Waals surface area contributed by atoms with Crippen molar-refractivity contribution in [2.75, 3.05) is 40.4 Å². The quantitative estimate of drug-likeness (QED) is 0.0906. The minimum atomic E-state index is -0.272. The van der Waals surface area contributed by atoms with E-state index in [0.29, 0.717) is 72.8 Å². The van der Waals surface area contributed by atoms with Gasteiger partial charge in [0.1, 0.15) is 11.5 Å². The van der Waals surface area contributed by atoms with Crippen LogP contribution >= 0.6 is 0 Å². The maximum absolute atomic E-state index is 13.6. The molecule has 0 unspecified atom stereocenters. The zero-order valence-corrected chi connectivity index (χ0v) is 27.9. The summed E-state index contributed by atoms with van der Waals surface area (Å²) in [5, 5.41) is 10.5. The number of carbonyl (C=O) groups is 4. The number of nitrogens with zero attached hydrogens (tertiary/aromatic N) is 2. The van der Waals surface area contributed by atoms with Crippen LogP contribution in [0.4, 0.5) is 0 Å². The minimum absolute atomic E-state index is 0.263. The van der Waals surface area contributed by atoms with E-state index in [-0.39, 0.29) is 23.6 Å². The fraction of sp³-hybridized carbons (Fsp3) is 0.220. The number of unbranched alkanes of at least 4 members (excludes halogenated alkanes) is 1. The number of nitrogens with one attached hydrogen (secondary N) is 1. The van der Waals surface area contributed by atoms with Crippen molar-refractivity contribution in [3.8, 4) is 11.5 Å². The molecule has 9 nitrogen and oxygen atoms in total. The van der Waals surface area contributed by atoms with Crippen molar-refractivity contribution in [3.63, 3.8) is 0 Å². The van der Waals surface area contributed by atoms with E-state index in [9.17, 15) is 19.2 Å². The van der Waals surface area contributed by atoms with Crippen LogP contribution in [0.25, 0.3) is 43.1 Å². The van der Waals surface area contributed by atoms with Gasteiger partial charge in [0, 0.05) is 23.9 Å². The standard InChI is InChI=1S/C41H35N3O6/c1-49-28-14-10-24-6-8-26-12-16-30-36(34(26)32(24)22-28)40(47)43(38(30)45)20-4-3-18-42-19-5-21-44-39(46)31-17-13-27-9-7-25-11-15-29(50-2)23-33(25)35(27)37(31)41(44)48/h6-17,22-23,42H,3-5,18-21H2,1-2H3. The molecule has 6 aromatic carbocycles. The molecule has 6 aromatic rings. The third kappa shape index (κ3) is 5.04. The van der Waals surface area contributed by atoms with Crippen molar-refractivity contribution in [3.05, 3.63) is 107 Å². The van der Waals surface area contributed by atoms with Crippen LogP contribution in [0.3, 0.4) is 0 Å². The number of rotatable bonds is 11. The van der Waals surface area contributed by atoms with E-state index in [1.807, 2.05) is 72.8 Å². The van der Waals surface area contributed by atoms with Crippen molar-refractivity contribution in [2.24, 2.45) is 0 Å². The lowest BCUT2D eigenvalue weighted by Gasteiger charge is -2.15. The zero-order valence-electron chi connectivity index (χ0n) is 27.9. The molecule has 0 fully saturated rings. The lowest BCUT2D eigenvalue weighted by molar-refractivity contribution is 0.0636. The fourth-order valence-electron chi connectivity index (χ4n) is 7.46. The van der Waals surface area contributed by atoms with Crippen molar-refractivity contribution >= 4 is 66.7 Å². The molecule has 0 radical (unpaired) electrons. The van der Waals surface area contributed by atoms with Crippen LogP contribution in [0.5, 0.6) is 11.5 Å². The molecular formula is C41H35N3O6. The molecule has 0 atom stereocenters. The number of hydrogen-bond acceptors (Lipinski definition) is 7. The fourth-order valence-corrected chi connectivity index (χ4v) is 7.46. The molecule has 50 heavy (non-hydrogen) atoms. The molecule has 1 N–H and O–H groups in total. The second kappa shape index (κ2) is 12.6. The highest BCUT2D eigenvalue weighted by Gasteiger charge is 2.38. The van der Waals surface area contributed by atoms with Gasteiger partial charge < -0.3 is 14.8 Å². The molecule has 0 aliphatic carbocycles. The SMILES string of the molecule is COc1ccc2ccc3ccc4c(c3c2c1)C(=O)N(CCCCNCCCN1C(=O)c2ccc3ccc5ccc(OC)cc5c3c2C1=O)C4=O. The molecule has 9 heteroatoms. The van der Waals surface area contributed by atoms with Gasteiger partial charge in [0.25, 0.3) is 23.6 Å². The van der Waals surface area contributed by atoms with Gasteiger partial charge in [-0.1, -0.05) is 48.5 Å². The van der Waals surface area contributed by atoms with Crippen LogP contribution in [0, 0.1) is 0 Å². The number of ether oxygens (including phenoxy) is 2. The molecule has 2 heterocycles. The maximum atomic E-state index is 13.6.